The molecule has 0 aromatic heterocycles. The second-order valence-electron chi connectivity index (χ2n) is 4.40. The number of rotatable bonds is 3. The van der Waals surface area contributed by atoms with Crippen molar-refractivity contribution in [3.05, 3.63) is 27.7 Å². The van der Waals surface area contributed by atoms with Gasteiger partial charge in [0.1, 0.15) is 5.75 Å². The van der Waals surface area contributed by atoms with E-state index in [-0.39, 0.29) is 5.92 Å². The molecule has 16 heavy (non-hydrogen) atoms. The third-order valence-electron chi connectivity index (χ3n) is 3.02. The molecule has 0 aliphatic rings. The first-order valence-corrected chi connectivity index (χ1v) is 5.88. The molecule has 4 heteroatoms. The van der Waals surface area contributed by atoms with Gasteiger partial charge in [-0.3, -0.25) is 0 Å². The van der Waals surface area contributed by atoms with Gasteiger partial charge >= 0.3 is 0 Å². The lowest BCUT2D eigenvalue weighted by atomic mass is 9.82. The van der Waals surface area contributed by atoms with Gasteiger partial charge in [-0.1, -0.05) is 37.0 Å². The highest BCUT2D eigenvalue weighted by Crippen LogP contribution is 2.38. The molecule has 0 radical (unpaired) electrons. The minimum absolute atomic E-state index is 0.259. The number of halogens is 2. The number of nitrogens with two attached hydrogens (primary N) is 1. The summed E-state index contributed by atoms with van der Waals surface area (Å²) in [6.07, 6.45) is 0. The molecule has 1 aromatic carbocycles. The van der Waals surface area contributed by atoms with E-state index < -0.39 is 5.54 Å². The zero-order chi connectivity index (χ0) is 12.5. The van der Waals surface area contributed by atoms with Crippen molar-refractivity contribution in [3.63, 3.8) is 0 Å². The fourth-order valence-corrected chi connectivity index (χ4v) is 2.01. The van der Waals surface area contributed by atoms with Crippen molar-refractivity contribution < 1.29 is 4.74 Å². The van der Waals surface area contributed by atoms with E-state index in [9.17, 15) is 0 Å². The average Bonchev–Trinajstić information content (AvgIpc) is 2.20. The van der Waals surface area contributed by atoms with E-state index >= 15 is 0 Å². The number of methoxy groups -OCH3 is 1. The van der Waals surface area contributed by atoms with E-state index in [1.165, 1.54) is 0 Å². The Balaban J connectivity index is 3.31. The third-order valence-corrected chi connectivity index (χ3v) is 3.63. The summed E-state index contributed by atoms with van der Waals surface area (Å²) in [6.45, 7) is 6.05. The van der Waals surface area contributed by atoms with E-state index in [1.807, 2.05) is 6.92 Å². The molecule has 0 saturated heterocycles. The molecule has 2 N–H and O–H groups in total. The maximum Gasteiger partial charge on any atom is 0.138 e. The Morgan fingerprint density at radius 1 is 1.25 bits per heavy atom. The van der Waals surface area contributed by atoms with Crippen LogP contribution in [0.25, 0.3) is 0 Å². The van der Waals surface area contributed by atoms with Crippen LogP contribution >= 0.6 is 23.2 Å². The number of benzene rings is 1. The van der Waals surface area contributed by atoms with Crippen molar-refractivity contribution >= 4 is 23.2 Å². The molecular weight excluding hydrogens is 245 g/mol. The van der Waals surface area contributed by atoms with Crippen molar-refractivity contribution in [1.29, 1.82) is 0 Å². The molecule has 1 aromatic rings. The molecule has 2 nitrogen and oxygen atoms in total. The Morgan fingerprint density at radius 3 is 2.25 bits per heavy atom. The molecule has 0 fully saturated rings. The Bertz CT molecular complexity index is 389. The summed E-state index contributed by atoms with van der Waals surface area (Å²) in [4.78, 5) is 0. The maximum atomic E-state index is 6.26. The summed E-state index contributed by atoms with van der Waals surface area (Å²) < 4.78 is 5.10. The fourth-order valence-electron chi connectivity index (χ4n) is 1.41. The largest absolute Gasteiger partial charge is 0.495 e. The Labute approximate surface area is 107 Å². The highest BCUT2D eigenvalue weighted by atomic mass is 35.5. The molecule has 0 spiro atoms. The number of hydrogen-bond acceptors (Lipinski definition) is 2. The molecule has 90 valence electrons. The van der Waals surface area contributed by atoms with Crippen LogP contribution in [-0.2, 0) is 5.54 Å². The lowest BCUT2D eigenvalue weighted by molar-refractivity contribution is 0.350. The van der Waals surface area contributed by atoms with E-state index in [1.54, 1.807) is 19.2 Å². The standard InChI is InChI=1S/C12H17Cl2NO/c1-7(2)12(3,15)8-5-10(14)11(16-4)6-9(8)13/h5-7H,15H2,1-4H3. The summed E-state index contributed by atoms with van der Waals surface area (Å²) >= 11 is 12.3. The quantitative estimate of drug-likeness (QED) is 0.898. The molecule has 0 aliphatic carbocycles. The third kappa shape index (κ3) is 2.45. The number of ether oxygens (including phenoxy) is 1. The predicted molar refractivity (Wildman–Crippen MR) is 69.4 cm³/mol. The molecule has 1 atom stereocenters. The van der Waals surface area contributed by atoms with Crippen LogP contribution in [-0.4, -0.2) is 7.11 Å². The van der Waals surface area contributed by atoms with E-state index in [2.05, 4.69) is 13.8 Å². The van der Waals surface area contributed by atoms with Crippen molar-refractivity contribution in [1.82, 2.24) is 0 Å². The van der Waals surface area contributed by atoms with Crippen molar-refractivity contribution in [2.24, 2.45) is 11.7 Å². The number of hydrogen-bond donors (Lipinski definition) is 1. The molecule has 0 amide bonds. The highest BCUT2D eigenvalue weighted by Gasteiger charge is 2.28. The van der Waals surface area contributed by atoms with Crippen LogP contribution in [0.1, 0.15) is 26.3 Å². The van der Waals surface area contributed by atoms with Crippen LogP contribution in [0, 0.1) is 5.92 Å². The summed E-state index contributed by atoms with van der Waals surface area (Å²) in [5, 5.41) is 1.11. The van der Waals surface area contributed by atoms with Crippen LogP contribution in [0.2, 0.25) is 10.0 Å². The Morgan fingerprint density at radius 2 is 1.81 bits per heavy atom. The van der Waals surface area contributed by atoms with Crippen LogP contribution < -0.4 is 10.5 Å². The van der Waals surface area contributed by atoms with Crippen LogP contribution in [0.15, 0.2) is 12.1 Å². The summed E-state index contributed by atoms with van der Waals surface area (Å²) in [7, 11) is 1.56. The maximum absolute atomic E-state index is 6.26. The van der Waals surface area contributed by atoms with Gasteiger partial charge in [0, 0.05) is 16.6 Å². The van der Waals surface area contributed by atoms with Crippen molar-refractivity contribution in [2.75, 3.05) is 7.11 Å². The van der Waals surface area contributed by atoms with Gasteiger partial charge < -0.3 is 10.5 Å². The molecule has 1 rings (SSSR count). The van der Waals surface area contributed by atoms with Crippen LogP contribution in [0.3, 0.4) is 0 Å². The Hall–Kier alpha value is -0.440. The first-order chi connectivity index (χ1) is 7.30. The lowest BCUT2D eigenvalue weighted by Crippen LogP contribution is -2.38. The van der Waals surface area contributed by atoms with Gasteiger partial charge in [0.2, 0.25) is 0 Å². The zero-order valence-corrected chi connectivity index (χ0v) is 11.5. The van der Waals surface area contributed by atoms with Crippen LogP contribution in [0.4, 0.5) is 0 Å². The SMILES string of the molecule is COc1cc(Cl)c(C(C)(N)C(C)C)cc1Cl. The predicted octanol–water partition coefficient (Wildman–Crippen LogP) is 3.83. The first-order valence-electron chi connectivity index (χ1n) is 5.13. The van der Waals surface area contributed by atoms with E-state index in [0.717, 1.165) is 5.56 Å². The van der Waals surface area contributed by atoms with Gasteiger partial charge in [-0.05, 0) is 24.5 Å². The second-order valence-corrected chi connectivity index (χ2v) is 5.22. The lowest BCUT2D eigenvalue weighted by Gasteiger charge is -2.31. The highest BCUT2D eigenvalue weighted by molar-refractivity contribution is 6.34. The summed E-state index contributed by atoms with van der Waals surface area (Å²) in [5.41, 5.74) is 6.59. The zero-order valence-electron chi connectivity index (χ0n) is 9.97. The van der Waals surface area contributed by atoms with Gasteiger partial charge in [-0.25, -0.2) is 0 Å². The topological polar surface area (TPSA) is 35.2 Å². The normalized spacial score (nSPS) is 15.0. The molecular formula is C12H17Cl2NO. The van der Waals surface area contributed by atoms with E-state index in [0.29, 0.717) is 15.8 Å². The summed E-state index contributed by atoms with van der Waals surface area (Å²) in [6, 6.07) is 3.48. The summed E-state index contributed by atoms with van der Waals surface area (Å²) in [5.74, 6) is 0.824. The van der Waals surface area contributed by atoms with Gasteiger partial charge in [0.15, 0.2) is 0 Å². The van der Waals surface area contributed by atoms with Crippen molar-refractivity contribution in [3.8, 4) is 5.75 Å². The minimum Gasteiger partial charge on any atom is -0.495 e. The van der Waals surface area contributed by atoms with E-state index in [4.69, 9.17) is 33.7 Å². The first kappa shape index (κ1) is 13.6. The van der Waals surface area contributed by atoms with Gasteiger partial charge in [-0.15, -0.1) is 0 Å². The Kier molecular flexibility index (Phi) is 4.11. The molecule has 1 unspecified atom stereocenters. The van der Waals surface area contributed by atoms with Gasteiger partial charge in [0.25, 0.3) is 0 Å². The van der Waals surface area contributed by atoms with Gasteiger partial charge in [0.05, 0.1) is 12.1 Å². The minimum atomic E-state index is -0.507. The molecule has 0 aliphatic heterocycles. The van der Waals surface area contributed by atoms with Crippen molar-refractivity contribution in [2.45, 2.75) is 26.3 Å². The average molecular weight is 262 g/mol. The fraction of sp³-hybridized carbons (Fsp3) is 0.500. The molecule has 0 heterocycles. The molecule has 0 bridgehead atoms. The smallest absolute Gasteiger partial charge is 0.138 e. The monoisotopic (exact) mass is 261 g/mol. The van der Waals surface area contributed by atoms with Gasteiger partial charge in [-0.2, -0.15) is 0 Å². The second kappa shape index (κ2) is 4.82. The van der Waals surface area contributed by atoms with Crippen LogP contribution in [0.5, 0.6) is 5.75 Å². The molecule has 0 saturated carbocycles.